The molecule has 0 aromatic carbocycles. The average Bonchev–Trinajstić information content (AvgIpc) is 2.29. The Morgan fingerprint density at radius 1 is 0.938 bits per heavy atom. The molecular weight excluding hydrogens is 218 g/mol. The van der Waals surface area contributed by atoms with Crippen LogP contribution < -0.4 is 0 Å². The monoisotopic (exact) mass is 241 g/mol. The standard InChI is InChI=1S/C14H23N.ClH/c1-2-3-4-5-6-7-8-11-14-12-9-10-13-15-14;/h9-10,12-13H,2-8,11H2,1H3;1H. The first kappa shape index (κ1) is 15.4. The van der Waals surface area contributed by atoms with Crippen molar-refractivity contribution in [2.75, 3.05) is 0 Å². The Balaban J connectivity index is 0.00000225. The molecule has 0 fully saturated rings. The summed E-state index contributed by atoms with van der Waals surface area (Å²) in [6, 6.07) is 6.18. The van der Waals surface area contributed by atoms with Gasteiger partial charge >= 0.3 is 0 Å². The average molecular weight is 242 g/mol. The molecule has 0 aliphatic rings. The van der Waals surface area contributed by atoms with Crippen LogP contribution in [0.2, 0.25) is 0 Å². The summed E-state index contributed by atoms with van der Waals surface area (Å²) in [7, 11) is 0. The van der Waals surface area contributed by atoms with Gasteiger partial charge in [0.15, 0.2) is 0 Å². The quantitative estimate of drug-likeness (QED) is 0.596. The second-order valence-corrected chi connectivity index (χ2v) is 4.19. The Labute approximate surface area is 106 Å². The van der Waals surface area contributed by atoms with Gasteiger partial charge in [-0.2, -0.15) is 0 Å². The van der Waals surface area contributed by atoms with Gasteiger partial charge in [0, 0.05) is 11.9 Å². The largest absolute Gasteiger partial charge is 0.261 e. The molecule has 0 spiro atoms. The van der Waals surface area contributed by atoms with Crippen LogP contribution in [0.25, 0.3) is 0 Å². The van der Waals surface area contributed by atoms with Gasteiger partial charge in [0.1, 0.15) is 0 Å². The predicted octanol–water partition coefficient (Wildman–Crippen LogP) is 4.80. The molecule has 1 aromatic heterocycles. The molecule has 2 heteroatoms. The number of pyridine rings is 1. The first-order chi connectivity index (χ1) is 7.43. The van der Waals surface area contributed by atoms with Gasteiger partial charge in [-0.3, -0.25) is 4.98 Å². The number of aromatic nitrogens is 1. The van der Waals surface area contributed by atoms with E-state index in [1.165, 1.54) is 50.6 Å². The fourth-order valence-electron chi connectivity index (χ4n) is 1.81. The zero-order valence-corrected chi connectivity index (χ0v) is 11.1. The molecule has 1 aromatic rings. The Hall–Kier alpha value is -0.560. The summed E-state index contributed by atoms with van der Waals surface area (Å²) in [5.74, 6) is 0. The highest BCUT2D eigenvalue weighted by Crippen LogP contribution is 2.09. The topological polar surface area (TPSA) is 12.9 Å². The van der Waals surface area contributed by atoms with E-state index in [1.54, 1.807) is 0 Å². The van der Waals surface area contributed by atoms with Crippen LogP contribution in [0.5, 0.6) is 0 Å². The van der Waals surface area contributed by atoms with Crippen molar-refractivity contribution in [3.8, 4) is 0 Å². The normalized spacial score (nSPS) is 9.81. The van der Waals surface area contributed by atoms with Gasteiger partial charge in [0.05, 0.1) is 0 Å². The summed E-state index contributed by atoms with van der Waals surface area (Å²) in [6.07, 6.45) is 12.7. The van der Waals surface area contributed by atoms with Crippen LogP contribution >= 0.6 is 12.4 Å². The van der Waals surface area contributed by atoms with Gasteiger partial charge in [0.2, 0.25) is 0 Å². The van der Waals surface area contributed by atoms with Crippen molar-refractivity contribution in [1.82, 2.24) is 4.98 Å². The molecule has 0 N–H and O–H groups in total. The van der Waals surface area contributed by atoms with E-state index >= 15 is 0 Å². The van der Waals surface area contributed by atoms with Crippen LogP contribution in [-0.4, -0.2) is 4.98 Å². The van der Waals surface area contributed by atoms with E-state index in [1.807, 2.05) is 12.3 Å². The lowest BCUT2D eigenvalue weighted by Gasteiger charge is -2.01. The van der Waals surface area contributed by atoms with E-state index in [4.69, 9.17) is 0 Å². The minimum absolute atomic E-state index is 0. The second-order valence-electron chi connectivity index (χ2n) is 4.19. The maximum atomic E-state index is 4.33. The predicted molar refractivity (Wildman–Crippen MR) is 73.2 cm³/mol. The van der Waals surface area contributed by atoms with Crippen molar-refractivity contribution in [3.05, 3.63) is 30.1 Å². The summed E-state index contributed by atoms with van der Waals surface area (Å²) < 4.78 is 0. The highest BCUT2D eigenvalue weighted by Gasteiger charge is 1.93. The third-order valence-electron chi connectivity index (χ3n) is 2.76. The van der Waals surface area contributed by atoms with Crippen molar-refractivity contribution in [1.29, 1.82) is 0 Å². The van der Waals surface area contributed by atoms with E-state index in [2.05, 4.69) is 24.0 Å². The van der Waals surface area contributed by atoms with Gasteiger partial charge in [-0.25, -0.2) is 0 Å². The highest BCUT2D eigenvalue weighted by atomic mass is 35.5. The second kappa shape index (κ2) is 10.9. The number of hydrogen-bond acceptors (Lipinski definition) is 1. The van der Waals surface area contributed by atoms with E-state index in [-0.39, 0.29) is 12.4 Å². The SMILES string of the molecule is CCCCCCCCCc1ccccn1.Cl. The fourth-order valence-corrected chi connectivity index (χ4v) is 1.81. The van der Waals surface area contributed by atoms with Crippen molar-refractivity contribution in [3.63, 3.8) is 0 Å². The molecule has 0 saturated carbocycles. The molecule has 0 amide bonds. The van der Waals surface area contributed by atoms with Gasteiger partial charge < -0.3 is 0 Å². The van der Waals surface area contributed by atoms with E-state index in [9.17, 15) is 0 Å². The Morgan fingerprint density at radius 3 is 2.25 bits per heavy atom. The molecule has 0 aliphatic carbocycles. The van der Waals surface area contributed by atoms with Crippen LogP contribution in [-0.2, 0) is 6.42 Å². The van der Waals surface area contributed by atoms with Crippen molar-refractivity contribution in [2.24, 2.45) is 0 Å². The molecule has 0 aliphatic heterocycles. The lowest BCUT2D eigenvalue weighted by atomic mass is 10.1. The molecule has 0 bridgehead atoms. The van der Waals surface area contributed by atoms with Gasteiger partial charge in [-0.15, -0.1) is 12.4 Å². The number of hydrogen-bond donors (Lipinski definition) is 0. The number of unbranched alkanes of at least 4 members (excludes halogenated alkanes) is 6. The Bertz CT molecular complexity index is 236. The molecule has 0 saturated heterocycles. The first-order valence-electron chi connectivity index (χ1n) is 6.33. The summed E-state index contributed by atoms with van der Waals surface area (Å²) in [4.78, 5) is 4.33. The first-order valence-corrected chi connectivity index (χ1v) is 6.33. The summed E-state index contributed by atoms with van der Waals surface area (Å²) >= 11 is 0. The summed E-state index contributed by atoms with van der Waals surface area (Å²) in [5.41, 5.74) is 1.24. The number of nitrogens with zero attached hydrogens (tertiary/aromatic N) is 1. The van der Waals surface area contributed by atoms with Crippen molar-refractivity contribution < 1.29 is 0 Å². The van der Waals surface area contributed by atoms with Crippen LogP contribution in [0, 0.1) is 0 Å². The highest BCUT2D eigenvalue weighted by molar-refractivity contribution is 5.85. The van der Waals surface area contributed by atoms with Gasteiger partial charge in [-0.05, 0) is 25.0 Å². The Morgan fingerprint density at radius 2 is 1.62 bits per heavy atom. The fraction of sp³-hybridized carbons (Fsp3) is 0.643. The van der Waals surface area contributed by atoms with Gasteiger partial charge in [-0.1, -0.05) is 51.5 Å². The zero-order chi connectivity index (χ0) is 10.8. The van der Waals surface area contributed by atoms with Crippen LogP contribution in [0.3, 0.4) is 0 Å². The zero-order valence-electron chi connectivity index (χ0n) is 10.3. The Kier molecular flexibility index (Phi) is 10.6. The van der Waals surface area contributed by atoms with Crippen LogP contribution in [0.1, 0.15) is 57.6 Å². The van der Waals surface area contributed by atoms with E-state index in [0.29, 0.717) is 0 Å². The molecule has 1 heterocycles. The maximum absolute atomic E-state index is 4.33. The minimum atomic E-state index is 0. The lowest BCUT2D eigenvalue weighted by Crippen LogP contribution is -1.89. The van der Waals surface area contributed by atoms with Gasteiger partial charge in [0.25, 0.3) is 0 Å². The van der Waals surface area contributed by atoms with E-state index in [0.717, 1.165) is 6.42 Å². The number of halogens is 1. The smallest absolute Gasteiger partial charge is 0.0403 e. The molecule has 0 unspecified atom stereocenters. The molecular formula is C14H24ClN. The molecule has 92 valence electrons. The molecule has 0 radical (unpaired) electrons. The maximum Gasteiger partial charge on any atom is 0.0403 e. The van der Waals surface area contributed by atoms with E-state index < -0.39 is 0 Å². The number of aryl methyl sites for hydroxylation is 1. The summed E-state index contributed by atoms with van der Waals surface area (Å²) in [6.45, 7) is 2.26. The molecule has 1 rings (SSSR count). The van der Waals surface area contributed by atoms with Crippen LogP contribution in [0.4, 0.5) is 0 Å². The number of rotatable bonds is 8. The lowest BCUT2D eigenvalue weighted by molar-refractivity contribution is 0.587. The third-order valence-corrected chi connectivity index (χ3v) is 2.76. The minimum Gasteiger partial charge on any atom is -0.261 e. The molecule has 16 heavy (non-hydrogen) atoms. The third kappa shape index (κ3) is 7.70. The molecule has 0 atom stereocenters. The van der Waals surface area contributed by atoms with Crippen molar-refractivity contribution in [2.45, 2.75) is 58.3 Å². The molecule has 1 nitrogen and oxygen atoms in total. The summed E-state index contributed by atoms with van der Waals surface area (Å²) in [5, 5.41) is 0. The van der Waals surface area contributed by atoms with Crippen LogP contribution in [0.15, 0.2) is 24.4 Å². The van der Waals surface area contributed by atoms with Crippen molar-refractivity contribution >= 4 is 12.4 Å².